The summed E-state index contributed by atoms with van der Waals surface area (Å²) in [7, 11) is 0. The molecule has 0 aliphatic heterocycles. The Labute approximate surface area is 195 Å². The Morgan fingerprint density at radius 3 is 2.67 bits per heavy atom. The molecule has 2 aromatic rings. The van der Waals surface area contributed by atoms with E-state index in [0.29, 0.717) is 35.0 Å². The number of carbonyl (C=O) groups excluding carboxylic acids is 2. The minimum atomic E-state index is -3.20. The molecule has 2 amide bonds. The Hall–Kier alpha value is -3.07. The van der Waals surface area contributed by atoms with E-state index in [1.165, 1.54) is 25.3 Å². The second kappa shape index (κ2) is 10.2. The average molecular weight is 479 g/mol. The van der Waals surface area contributed by atoms with Crippen molar-refractivity contribution in [2.24, 2.45) is 5.92 Å². The third-order valence-corrected chi connectivity index (χ3v) is 5.26. The number of halogens is 3. The summed E-state index contributed by atoms with van der Waals surface area (Å²) in [5, 5.41) is 5.51. The van der Waals surface area contributed by atoms with Crippen LogP contribution in [0.15, 0.2) is 36.5 Å². The van der Waals surface area contributed by atoms with Crippen LogP contribution in [0.4, 0.5) is 14.6 Å². The molecule has 0 saturated heterocycles. The van der Waals surface area contributed by atoms with E-state index in [9.17, 15) is 18.4 Å². The number of amides is 2. The van der Waals surface area contributed by atoms with Gasteiger partial charge in [0.1, 0.15) is 10.8 Å². The van der Waals surface area contributed by atoms with E-state index >= 15 is 0 Å². The molecule has 1 fully saturated rings. The monoisotopic (exact) mass is 478 g/mol. The predicted molar refractivity (Wildman–Crippen MR) is 121 cm³/mol. The summed E-state index contributed by atoms with van der Waals surface area (Å²) in [4.78, 5) is 32.8. The van der Waals surface area contributed by atoms with E-state index in [1.807, 2.05) is 0 Å². The van der Waals surface area contributed by atoms with E-state index in [1.54, 1.807) is 13.0 Å². The molecule has 10 heteroatoms. The fourth-order valence-electron chi connectivity index (χ4n) is 2.88. The highest BCUT2D eigenvalue weighted by molar-refractivity contribution is 6.31. The largest absolute Gasteiger partial charge is 0.470 e. The summed E-state index contributed by atoms with van der Waals surface area (Å²) >= 11 is 6.08. The Morgan fingerprint density at radius 2 is 2.03 bits per heavy atom. The van der Waals surface area contributed by atoms with Crippen molar-refractivity contribution in [3.05, 3.63) is 58.4 Å². The quantitative estimate of drug-likeness (QED) is 0.483. The van der Waals surface area contributed by atoms with Crippen molar-refractivity contribution in [3.63, 3.8) is 0 Å². The van der Waals surface area contributed by atoms with Crippen LogP contribution in [-0.4, -0.2) is 34.3 Å². The zero-order valence-electron chi connectivity index (χ0n) is 18.4. The smallest absolute Gasteiger partial charge is 0.302 e. The van der Waals surface area contributed by atoms with Gasteiger partial charge in [0.25, 0.3) is 5.91 Å². The fourth-order valence-corrected chi connectivity index (χ4v) is 3.12. The van der Waals surface area contributed by atoms with Crippen LogP contribution in [0.3, 0.4) is 0 Å². The van der Waals surface area contributed by atoms with Crippen LogP contribution in [0.1, 0.15) is 47.8 Å². The van der Waals surface area contributed by atoms with E-state index in [-0.39, 0.29) is 34.8 Å². The molecule has 1 aliphatic rings. The zero-order valence-corrected chi connectivity index (χ0v) is 19.1. The summed E-state index contributed by atoms with van der Waals surface area (Å²) in [6, 6.07) is 4.59. The molecule has 2 heterocycles. The lowest BCUT2D eigenvalue weighted by atomic mass is 10.2. The highest BCUT2D eigenvalue weighted by Crippen LogP contribution is 2.32. The molecule has 1 saturated carbocycles. The molecule has 3 rings (SSSR count). The van der Waals surface area contributed by atoms with E-state index in [2.05, 4.69) is 27.2 Å². The van der Waals surface area contributed by atoms with E-state index in [0.717, 1.165) is 12.8 Å². The van der Waals surface area contributed by atoms with Gasteiger partial charge in [-0.2, -0.15) is 8.78 Å². The van der Waals surface area contributed by atoms with Crippen LogP contribution in [-0.2, 0) is 11.3 Å². The molecule has 0 spiro atoms. The third kappa shape index (κ3) is 7.21. The van der Waals surface area contributed by atoms with Crippen LogP contribution >= 0.6 is 11.6 Å². The summed E-state index contributed by atoms with van der Waals surface area (Å²) in [6.07, 6.45) is 3.96. The van der Waals surface area contributed by atoms with Gasteiger partial charge >= 0.3 is 5.92 Å². The highest BCUT2D eigenvalue weighted by atomic mass is 35.5. The molecule has 2 aromatic heterocycles. The maximum Gasteiger partial charge on any atom is 0.302 e. The van der Waals surface area contributed by atoms with E-state index < -0.39 is 12.5 Å². The zero-order chi connectivity index (χ0) is 24.2. The van der Waals surface area contributed by atoms with Gasteiger partial charge in [-0.15, -0.1) is 0 Å². The van der Waals surface area contributed by atoms with Gasteiger partial charge in [-0.25, -0.2) is 9.97 Å². The van der Waals surface area contributed by atoms with Crippen LogP contribution in [0, 0.1) is 12.8 Å². The summed E-state index contributed by atoms with van der Waals surface area (Å²) in [5.74, 6) is -3.07. The van der Waals surface area contributed by atoms with Crippen molar-refractivity contribution in [2.75, 3.05) is 11.9 Å². The second-order valence-electron chi connectivity index (χ2n) is 8.16. The lowest BCUT2D eigenvalue weighted by molar-refractivity contribution is -0.116. The predicted octanol–water partition coefficient (Wildman–Crippen LogP) is 4.70. The molecule has 0 bridgehead atoms. The van der Waals surface area contributed by atoms with Gasteiger partial charge in [0, 0.05) is 30.4 Å². The number of nitrogens with zero attached hydrogens (tertiary/aromatic N) is 2. The van der Waals surface area contributed by atoms with Crippen LogP contribution in [0.5, 0.6) is 5.88 Å². The van der Waals surface area contributed by atoms with Gasteiger partial charge in [0.15, 0.2) is 6.61 Å². The number of aromatic nitrogens is 2. The number of hydrogen-bond acceptors (Lipinski definition) is 5. The standard InChI is InChI=1S/C23H25ClF2N4O3/c1-13(2)23(25,26)12-33-22-18(24)7-16(11-28-22)10-27-21(32)17-6-14(3)29-19(9-17)30-20(31)8-15-4-5-15/h6-7,9,11,15H,1,4-5,8,10,12H2,2-3H3,(H,27,32)(H,29,30,31). The fraction of sp³-hybridized carbons (Fsp3) is 0.391. The molecule has 1 aliphatic carbocycles. The summed E-state index contributed by atoms with van der Waals surface area (Å²) < 4.78 is 32.3. The van der Waals surface area contributed by atoms with Gasteiger partial charge in [0.05, 0.1) is 0 Å². The van der Waals surface area contributed by atoms with Gasteiger partial charge in [-0.05, 0) is 61.9 Å². The van der Waals surface area contributed by atoms with Crippen molar-refractivity contribution in [1.82, 2.24) is 15.3 Å². The number of ether oxygens (including phenoxy) is 1. The molecule has 176 valence electrons. The van der Waals surface area contributed by atoms with Crippen molar-refractivity contribution >= 4 is 29.2 Å². The Kier molecular flexibility index (Phi) is 7.63. The molecule has 0 aromatic carbocycles. The third-order valence-electron chi connectivity index (χ3n) is 4.99. The SMILES string of the molecule is C=C(C)C(F)(F)COc1ncc(CNC(=O)c2cc(C)nc(NC(=O)CC3CC3)c2)cc1Cl. The first-order valence-corrected chi connectivity index (χ1v) is 10.8. The topological polar surface area (TPSA) is 93.2 Å². The molecular weight excluding hydrogens is 454 g/mol. The maximum atomic E-state index is 13.6. The number of carbonyl (C=O) groups is 2. The van der Waals surface area contributed by atoms with Crippen molar-refractivity contribution in [1.29, 1.82) is 0 Å². The van der Waals surface area contributed by atoms with Gasteiger partial charge in [-0.3, -0.25) is 9.59 Å². The Balaban J connectivity index is 1.58. The van der Waals surface area contributed by atoms with Gasteiger partial charge in [-0.1, -0.05) is 18.2 Å². The van der Waals surface area contributed by atoms with Gasteiger partial charge in [0.2, 0.25) is 11.8 Å². The number of rotatable bonds is 10. The van der Waals surface area contributed by atoms with Gasteiger partial charge < -0.3 is 15.4 Å². The Morgan fingerprint density at radius 1 is 1.30 bits per heavy atom. The summed E-state index contributed by atoms with van der Waals surface area (Å²) in [6.45, 7) is 5.34. The van der Waals surface area contributed by atoms with Crippen molar-refractivity contribution in [3.8, 4) is 5.88 Å². The lowest BCUT2D eigenvalue weighted by Gasteiger charge is -2.17. The minimum Gasteiger partial charge on any atom is -0.470 e. The van der Waals surface area contributed by atoms with Crippen LogP contribution < -0.4 is 15.4 Å². The molecule has 0 atom stereocenters. The van der Waals surface area contributed by atoms with Crippen LogP contribution in [0.25, 0.3) is 0 Å². The molecule has 0 unspecified atom stereocenters. The van der Waals surface area contributed by atoms with Crippen molar-refractivity contribution in [2.45, 2.75) is 45.6 Å². The first kappa shape index (κ1) is 24.6. The highest BCUT2D eigenvalue weighted by Gasteiger charge is 2.31. The number of alkyl halides is 2. The first-order valence-electron chi connectivity index (χ1n) is 10.4. The Bertz CT molecular complexity index is 1070. The first-order chi connectivity index (χ1) is 15.5. The lowest BCUT2D eigenvalue weighted by Crippen LogP contribution is -2.27. The number of hydrogen-bond donors (Lipinski definition) is 2. The van der Waals surface area contributed by atoms with Crippen molar-refractivity contribution < 1.29 is 23.1 Å². The number of aryl methyl sites for hydroxylation is 1. The maximum absolute atomic E-state index is 13.6. The number of pyridine rings is 2. The molecule has 2 N–H and O–H groups in total. The average Bonchev–Trinajstić information content (AvgIpc) is 3.54. The normalized spacial score (nSPS) is 13.4. The number of nitrogens with one attached hydrogen (secondary N) is 2. The second-order valence-corrected chi connectivity index (χ2v) is 8.57. The molecule has 7 nitrogen and oxygen atoms in total. The van der Waals surface area contributed by atoms with Crippen LogP contribution in [0.2, 0.25) is 5.02 Å². The minimum absolute atomic E-state index is 0.0414. The molecule has 0 radical (unpaired) electrons. The van der Waals surface area contributed by atoms with E-state index in [4.69, 9.17) is 16.3 Å². The number of anilines is 1. The summed E-state index contributed by atoms with van der Waals surface area (Å²) in [5.41, 5.74) is 1.15. The molecular formula is C23H25ClF2N4O3. The molecule has 33 heavy (non-hydrogen) atoms.